The lowest BCUT2D eigenvalue weighted by Crippen LogP contribution is -2.31. The van der Waals surface area contributed by atoms with Crippen LogP contribution in [0.2, 0.25) is 0 Å². The van der Waals surface area contributed by atoms with E-state index in [0.717, 1.165) is 32.1 Å². The van der Waals surface area contributed by atoms with Crippen molar-refractivity contribution < 1.29 is 9.37 Å². The van der Waals surface area contributed by atoms with Crippen molar-refractivity contribution in [3.63, 3.8) is 0 Å². The van der Waals surface area contributed by atoms with E-state index < -0.39 is 0 Å². The molecule has 6 rings (SSSR count). The van der Waals surface area contributed by atoms with Crippen LogP contribution in [-0.2, 0) is 15.6 Å². The molecule has 0 saturated carbocycles. The highest BCUT2D eigenvalue weighted by molar-refractivity contribution is 6.08. The second-order valence-corrected chi connectivity index (χ2v) is 15.6. The number of hydrogen-bond acceptors (Lipinski definition) is 2. The van der Waals surface area contributed by atoms with Gasteiger partial charge in [0.05, 0.1) is 5.41 Å². The van der Waals surface area contributed by atoms with Crippen LogP contribution >= 0.6 is 0 Å². The molecule has 266 valence electrons. The molecule has 2 atom stereocenters. The zero-order chi connectivity index (χ0) is 37.0. The van der Waals surface area contributed by atoms with Crippen molar-refractivity contribution in [2.75, 3.05) is 18.0 Å². The number of benzene rings is 4. The summed E-state index contributed by atoms with van der Waals surface area (Å²) in [6.45, 7) is 21.4. The van der Waals surface area contributed by atoms with Gasteiger partial charge in [-0.15, -0.1) is 0 Å². The Kier molecular flexibility index (Phi) is 10.8. The number of carbonyl (C=O) groups is 1. The third kappa shape index (κ3) is 6.94. The van der Waals surface area contributed by atoms with E-state index in [4.69, 9.17) is 0 Å². The van der Waals surface area contributed by atoms with Crippen LogP contribution in [-0.4, -0.2) is 29.7 Å². The van der Waals surface area contributed by atoms with E-state index in [2.05, 4.69) is 180 Å². The molecule has 0 saturated heterocycles. The molecule has 2 unspecified atom stereocenters. The fourth-order valence-corrected chi connectivity index (χ4v) is 8.34. The largest absolute Gasteiger partial charge is 0.343 e. The average Bonchev–Trinajstić information content (AvgIpc) is 3.52. The summed E-state index contributed by atoms with van der Waals surface area (Å²) in [5.41, 5.74) is 11.2. The van der Waals surface area contributed by atoms with Crippen molar-refractivity contribution in [2.45, 2.75) is 85.0 Å². The molecule has 4 aromatic carbocycles. The van der Waals surface area contributed by atoms with Crippen LogP contribution in [0.4, 0.5) is 11.4 Å². The van der Waals surface area contributed by atoms with Gasteiger partial charge in [-0.25, -0.2) is 0 Å². The molecule has 0 bridgehead atoms. The summed E-state index contributed by atoms with van der Waals surface area (Å²) in [6.07, 6.45) is 20.2. The van der Waals surface area contributed by atoms with Gasteiger partial charge in [-0.2, -0.15) is 4.58 Å². The molecular formula is C49H55N2O+. The van der Waals surface area contributed by atoms with Gasteiger partial charge in [0.15, 0.2) is 12.3 Å². The summed E-state index contributed by atoms with van der Waals surface area (Å²) in [7, 11) is 0. The lowest BCUT2D eigenvalue weighted by atomic mass is 9.74. The number of rotatable bonds is 13. The van der Waals surface area contributed by atoms with Gasteiger partial charge in [0.1, 0.15) is 6.29 Å². The SMILES string of the molecule is C=C(C)CC[N+]1=C(/C=C/C=C/C=C2/N(CCC=O)c3ccc4ccccc4c3C2(C)CC=C(C)C)C(C)(CC=C(C)C)c2c1ccc1ccccc21. The maximum Gasteiger partial charge on any atom is 0.210 e. The molecule has 0 aromatic heterocycles. The fraction of sp³-hybridized carbons (Fsp3) is 0.306. The van der Waals surface area contributed by atoms with E-state index in [-0.39, 0.29) is 10.8 Å². The minimum Gasteiger partial charge on any atom is -0.343 e. The summed E-state index contributed by atoms with van der Waals surface area (Å²) in [5.74, 6) is 0. The standard InChI is InChI=1S/C49H55N2O/c1-35(2)27-30-48(7)44(50(32-16-34-52)42-25-23-38-17-12-14-19-40(38)46(42)48)21-10-9-11-22-45-49(8,31-28-36(3)4)47-41-20-15-13-18-39(41)24-26-43(47)51(45)33-29-37(5)6/h9-15,17-28,34H,5,16,29-33H2,1-4,6-8H3/q+1. The molecule has 0 N–H and O–H groups in total. The van der Waals surface area contributed by atoms with Crippen LogP contribution in [0.15, 0.2) is 144 Å². The summed E-state index contributed by atoms with van der Waals surface area (Å²) >= 11 is 0. The lowest BCUT2D eigenvalue weighted by molar-refractivity contribution is -0.436. The molecule has 0 radical (unpaired) electrons. The normalized spacial score (nSPS) is 20.4. The Morgan fingerprint density at radius 2 is 1.37 bits per heavy atom. The first-order chi connectivity index (χ1) is 25.0. The number of aldehydes is 1. The molecular weight excluding hydrogens is 633 g/mol. The molecule has 3 heteroatoms. The van der Waals surface area contributed by atoms with Gasteiger partial charge in [0.25, 0.3) is 0 Å². The Morgan fingerprint density at radius 1 is 0.750 bits per heavy atom. The predicted octanol–water partition coefficient (Wildman–Crippen LogP) is 12.4. The van der Waals surface area contributed by atoms with Crippen molar-refractivity contribution in [2.24, 2.45) is 0 Å². The average molecular weight is 688 g/mol. The molecule has 4 aromatic rings. The molecule has 0 aliphatic carbocycles. The first-order valence-electron chi connectivity index (χ1n) is 18.9. The van der Waals surface area contributed by atoms with Gasteiger partial charge in [-0.3, -0.25) is 0 Å². The van der Waals surface area contributed by atoms with Crippen LogP contribution in [0.1, 0.15) is 85.3 Å². The molecule has 2 heterocycles. The second kappa shape index (κ2) is 15.3. The van der Waals surface area contributed by atoms with Gasteiger partial charge in [0, 0.05) is 53.9 Å². The van der Waals surface area contributed by atoms with Gasteiger partial charge in [0.2, 0.25) is 5.69 Å². The number of allylic oxidation sites excluding steroid dienone is 10. The van der Waals surface area contributed by atoms with Crippen LogP contribution in [0.3, 0.4) is 0 Å². The van der Waals surface area contributed by atoms with E-state index in [1.807, 2.05) is 0 Å². The first-order valence-corrected chi connectivity index (χ1v) is 18.9. The van der Waals surface area contributed by atoms with Crippen LogP contribution in [0.5, 0.6) is 0 Å². The van der Waals surface area contributed by atoms with Crippen molar-refractivity contribution in [3.8, 4) is 0 Å². The van der Waals surface area contributed by atoms with E-state index in [1.54, 1.807) is 0 Å². The Morgan fingerprint density at radius 3 is 2.00 bits per heavy atom. The zero-order valence-corrected chi connectivity index (χ0v) is 32.3. The number of fused-ring (bicyclic) bond motifs is 6. The van der Waals surface area contributed by atoms with Gasteiger partial charge in [-0.05, 0) is 107 Å². The number of nitrogens with zero attached hydrogens (tertiary/aromatic N) is 2. The predicted molar refractivity (Wildman–Crippen MR) is 224 cm³/mol. The third-order valence-electron chi connectivity index (χ3n) is 11.0. The van der Waals surface area contributed by atoms with E-state index in [9.17, 15) is 4.79 Å². The third-order valence-corrected chi connectivity index (χ3v) is 11.0. The van der Waals surface area contributed by atoms with Crippen LogP contribution in [0.25, 0.3) is 21.5 Å². The van der Waals surface area contributed by atoms with E-state index in [1.165, 1.54) is 72.2 Å². The maximum absolute atomic E-state index is 11.7. The Hall–Kier alpha value is -5.02. The quantitative estimate of drug-likeness (QED) is 0.0604. The van der Waals surface area contributed by atoms with Crippen molar-refractivity contribution in [3.05, 3.63) is 155 Å². The second-order valence-electron chi connectivity index (χ2n) is 15.6. The van der Waals surface area contributed by atoms with Gasteiger partial charge >= 0.3 is 0 Å². The number of anilines is 1. The van der Waals surface area contributed by atoms with E-state index in [0.29, 0.717) is 13.0 Å². The topological polar surface area (TPSA) is 23.3 Å². The van der Waals surface area contributed by atoms with Crippen molar-refractivity contribution in [1.29, 1.82) is 0 Å². The summed E-state index contributed by atoms with van der Waals surface area (Å²) in [6, 6.07) is 26.6. The Bertz CT molecular complexity index is 2210. The highest BCUT2D eigenvalue weighted by atomic mass is 16.1. The Balaban J connectivity index is 1.45. The number of carbonyl (C=O) groups excluding carboxylic acids is 1. The first kappa shape index (κ1) is 36.8. The highest BCUT2D eigenvalue weighted by Gasteiger charge is 2.48. The van der Waals surface area contributed by atoms with Gasteiger partial charge < -0.3 is 9.69 Å². The van der Waals surface area contributed by atoms with Crippen molar-refractivity contribution >= 4 is 44.9 Å². The smallest absolute Gasteiger partial charge is 0.210 e. The minimum atomic E-state index is -0.254. The monoisotopic (exact) mass is 687 g/mol. The highest BCUT2D eigenvalue weighted by Crippen LogP contribution is 2.53. The molecule has 52 heavy (non-hydrogen) atoms. The maximum atomic E-state index is 11.7. The molecule has 0 amide bonds. The van der Waals surface area contributed by atoms with Gasteiger partial charge in [-0.1, -0.05) is 108 Å². The molecule has 0 spiro atoms. The van der Waals surface area contributed by atoms with E-state index >= 15 is 0 Å². The molecule has 0 fully saturated rings. The lowest BCUT2D eigenvalue weighted by Gasteiger charge is -2.30. The summed E-state index contributed by atoms with van der Waals surface area (Å²) < 4.78 is 2.54. The zero-order valence-electron chi connectivity index (χ0n) is 32.3. The van der Waals surface area contributed by atoms with Crippen molar-refractivity contribution in [1.82, 2.24) is 0 Å². The summed E-state index contributed by atoms with van der Waals surface area (Å²) in [4.78, 5) is 14.1. The van der Waals surface area contributed by atoms with Crippen LogP contribution < -0.4 is 4.90 Å². The number of hydrogen-bond donors (Lipinski definition) is 0. The minimum absolute atomic E-state index is 0.200. The molecule has 3 nitrogen and oxygen atoms in total. The fourth-order valence-electron chi connectivity index (χ4n) is 8.34. The Labute approximate surface area is 311 Å². The molecule has 2 aliphatic rings. The summed E-state index contributed by atoms with van der Waals surface area (Å²) in [5, 5.41) is 5.13. The molecule has 2 aliphatic heterocycles. The van der Waals surface area contributed by atoms with Crippen LogP contribution in [0, 0.1) is 0 Å².